The normalized spacial score (nSPS) is 11.9. The van der Waals surface area contributed by atoms with Gasteiger partial charge in [0.05, 0.1) is 40.7 Å². The number of nitrogens with zero attached hydrogens (tertiary/aromatic N) is 4. The highest BCUT2D eigenvalue weighted by Gasteiger charge is 2.16. The fraction of sp³-hybridized carbons (Fsp3) is 0.130. The summed E-state index contributed by atoms with van der Waals surface area (Å²) in [6.45, 7) is 2.10. The number of amides is 3. The number of rotatable bonds is 6. The summed E-state index contributed by atoms with van der Waals surface area (Å²) >= 11 is 0. The Morgan fingerprint density at radius 1 is 1.09 bits per heavy atom. The van der Waals surface area contributed by atoms with Crippen LogP contribution in [0.4, 0.5) is 10.6 Å². The summed E-state index contributed by atoms with van der Waals surface area (Å²) in [6.07, 6.45) is 4.83. The maximum atomic E-state index is 12.7. The Labute approximate surface area is 193 Å². The minimum Gasteiger partial charge on any atom is -0.343 e. The lowest BCUT2D eigenvalue weighted by molar-refractivity contribution is 0.0946. The second kappa shape index (κ2) is 8.98. The Morgan fingerprint density at radius 2 is 1.94 bits per heavy atom. The van der Waals surface area contributed by atoms with Gasteiger partial charge in [-0.15, -0.1) is 0 Å². The van der Waals surface area contributed by atoms with Crippen molar-refractivity contribution < 1.29 is 9.59 Å². The van der Waals surface area contributed by atoms with Crippen molar-refractivity contribution in [2.45, 2.75) is 19.5 Å². The van der Waals surface area contributed by atoms with E-state index in [0.717, 1.165) is 16.6 Å². The Hall–Kier alpha value is -4.80. The third-order valence-electron chi connectivity index (χ3n) is 5.30. The maximum absolute atomic E-state index is 12.7. The van der Waals surface area contributed by atoms with Crippen LogP contribution in [-0.4, -0.2) is 42.1 Å². The maximum Gasteiger partial charge on any atom is 0.320 e. The summed E-state index contributed by atoms with van der Waals surface area (Å²) in [5, 5.41) is 15.8. The van der Waals surface area contributed by atoms with Crippen LogP contribution in [0.2, 0.25) is 0 Å². The number of H-pyrrole nitrogens is 2. The van der Waals surface area contributed by atoms with Crippen molar-refractivity contribution in [2.75, 3.05) is 5.32 Å². The molecule has 0 fully saturated rings. The molecule has 0 unspecified atom stereocenters. The van der Waals surface area contributed by atoms with Crippen molar-refractivity contribution in [1.29, 1.82) is 0 Å². The number of aromatic nitrogens is 6. The van der Waals surface area contributed by atoms with Gasteiger partial charge in [-0.2, -0.15) is 5.10 Å². The number of imidazole rings is 1. The number of anilines is 1. The molecule has 1 atom stereocenters. The molecule has 5 N–H and O–H groups in total. The van der Waals surface area contributed by atoms with E-state index in [1.165, 1.54) is 6.20 Å². The van der Waals surface area contributed by atoms with Crippen molar-refractivity contribution in [3.8, 4) is 0 Å². The molecular weight excluding hydrogens is 434 g/mol. The fourth-order valence-electron chi connectivity index (χ4n) is 3.57. The second-order valence-corrected chi connectivity index (χ2v) is 7.68. The number of hydrogen-bond donors (Lipinski definition) is 5. The lowest BCUT2D eigenvalue weighted by Gasteiger charge is -2.14. The van der Waals surface area contributed by atoms with Gasteiger partial charge >= 0.3 is 6.03 Å². The number of pyridine rings is 2. The van der Waals surface area contributed by atoms with Crippen LogP contribution >= 0.6 is 0 Å². The van der Waals surface area contributed by atoms with Crippen LogP contribution in [-0.2, 0) is 6.54 Å². The molecule has 0 aliphatic rings. The summed E-state index contributed by atoms with van der Waals surface area (Å²) in [7, 11) is 0. The summed E-state index contributed by atoms with van der Waals surface area (Å²) in [5.41, 5.74) is 3.33. The summed E-state index contributed by atoms with van der Waals surface area (Å²) in [5.74, 6) is 0.565. The van der Waals surface area contributed by atoms with Crippen LogP contribution in [0.1, 0.15) is 34.8 Å². The fourth-order valence-corrected chi connectivity index (χ4v) is 3.57. The predicted octanol–water partition coefficient (Wildman–Crippen LogP) is 3.04. The number of carbonyl (C=O) groups is 2. The Balaban J connectivity index is 1.23. The van der Waals surface area contributed by atoms with E-state index in [9.17, 15) is 9.59 Å². The summed E-state index contributed by atoms with van der Waals surface area (Å²) < 4.78 is 0. The van der Waals surface area contributed by atoms with E-state index in [1.54, 1.807) is 24.5 Å². The van der Waals surface area contributed by atoms with E-state index in [1.807, 2.05) is 37.3 Å². The van der Waals surface area contributed by atoms with E-state index < -0.39 is 0 Å². The Bertz CT molecular complexity index is 1440. The molecule has 34 heavy (non-hydrogen) atoms. The third kappa shape index (κ3) is 4.39. The summed E-state index contributed by atoms with van der Waals surface area (Å²) in [4.78, 5) is 40.8. The van der Waals surface area contributed by atoms with Gasteiger partial charge in [-0.25, -0.2) is 14.8 Å². The molecule has 5 aromatic rings. The molecule has 0 radical (unpaired) electrons. The van der Waals surface area contributed by atoms with Crippen LogP contribution in [0, 0.1) is 0 Å². The first-order valence-corrected chi connectivity index (χ1v) is 10.6. The van der Waals surface area contributed by atoms with E-state index in [0.29, 0.717) is 22.5 Å². The number of urea groups is 1. The molecule has 11 nitrogen and oxygen atoms in total. The number of hydrogen-bond acceptors (Lipinski definition) is 6. The average Bonchev–Trinajstić information content (AvgIpc) is 3.46. The Kier molecular flexibility index (Phi) is 5.56. The first-order valence-electron chi connectivity index (χ1n) is 10.6. The van der Waals surface area contributed by atoms with Gasteiger partial charge in [0.1, 0.15) is 11.6 Å². The lowest BCUT2D eigenvalue weighted by atomic mass is 10.1. The van der Waals surface area contributed by atoms with E-state index in [2.05, 4.69) is 46.1 Å². The molecule has 0 saturated carbocycles. The molecule has 4 aromatic heterocycles. The van der Waals surface area contributed by atoms with Crippen molar-refractivity contribution >= 4 is 39.7 Å². The third-order valence-corrected chi connectivity index (χ3v) is 5.30. The van der Waals surface area contributed by atoms with Crippen LogP contribution < -0.4 is 16.0 Å². The van der Waals surface area contributed by atoms with Gasteiger partial charge < -0.3 is 15.6 Å². The quantitative estimate of drug-likeness (QED) is 0.265. The van der Waals surface area contributed by atoms with Gasteiger partial charge in [-0.1, -0.05) is 30.3 Å². The van der Waals surface area contributed by atoms with E-state index in [4.69, 9.17) is 0 Å². The van der Waals surface area contributed by atoms with Gasteiger partial charge in [0.15, 0.2) is 5.69 Å². The van der Waals surface area contributed by atoms with Gasteiger partial charge in [-0.3, -0.25) is 20.2 Å². The van der Waals surface area contributed by atoms with Crippen molar-refractivity contribution in [3.63, 3.8) is 0 Å². The van der Waals surface area contributed by atoms with E-state index >= 15 is 0 Å². The minimum atomic E-state index is -0.387. The molecule has 3 amide bonds. The molecule has 1 aromatic carbocycles. The zero-order chi connectivity index (χ0) is 23.5. The van der Waals surface area contributed by atoms with Crippen LogP contribution in [0.25, 0.3) is 21.9 Å². The molecule has 11 heteroatoms. The van der Waals surface area contributed by atoms with Crippen molar-refractivity contribution in [3.05, 3.63) is 78.1 Å². The number of fused-ring (bicyclic) bond motifs is 2. The zero-order valence-corrected chi connectivity index (χ0v) is 18.2. The predicted molar refractivity (Wildman–Crippen MR) is 126 cm³/mol. The molecule has 4 heterocycles. The monoisotopic (exact) mass is 455 g/mol. The highest BCUT2D eigenvalue weighted by Crippen LogP contribution is 2.19. The number of aromatic amines is 2. The SMILES string of the molecule is C[C@@H](NC(=O)Nc1cc2[nH]nc(C(=O)NCc3nc4ccncc4[nH]3)c2cn1)c1ccccc1. The van der Waals surface area contributed by atoms with Gasteiger partial charge in [-0.05, 0) is 18.6 Å². The molecule has 0 spiro atoms. The molecule has 0 saturated heterocycles. The largest absolute Gasteiger partial charge is 0.343 e. The number of nitrogens with one attached hydrogen (secondary N) is 5. The van der Waals surface area contributed by atoms with E-state index in [-0.39, 0.29) is 30.2 Å². The number of benzene rings is 1. The molecular formula is C23H21N9O2. The lowest BCUT2D eigenvalue weighted by Crippen LogP contribution is -2.31. The van der Waals surface area contributed by atoms with Crippen LogP contribution in [0.3, 0.4) is 0 Å². The van der Waals surface area contributed by atoms with Crippen LogP contribution in [0.15, 0.2) is 61.1 Å². The first kappa shape index (κ1) is 21.1. The van der Waals surface area contributed by atoms with Crippen molar-refractivity contribution in [2.24, 2.45) is 0 Å². The Morgan fingerprint density at radius 3 is 2.76 bits per heavy atom. The smallest absolute Gasteiger partial charge is 0.320 e. The number of carbonyl (C=O) groups excluding carboxylic acids is 2. The van der Waals surface area contributed by atoms with Crippen LogP contribution in [0.5, 0.6) is 0 Å². The summed E-state index contributed by atoms with van der Waals surface area (Å²) in [6, 6.07) is 12.5. The molecule has 0 aliphatic carbocycles. The second-order valence-electron chi connectivity index (χ2n) is 7.68. The van der Waals surface area contributed by atoms with Gasteiger partial charge in [0, 0.05) is 18.5 Å². The van der Waals surface area contributed by atoms with Gasteiger partial charge in [0.2, 0.25) is 0 Å². The highest BCUT2D eigenvalue weighted by atomic mass is 16.2. The molecule has 0 bridgehead atoms. The first-order chi connectivity index (χ1) is 16.6. The standard InChI is InChI=1S/C23H21N9O2/c1-13(14-5-3-2-4-6-14)27-23(34)30-19-9-17-15(10-25-19)21(32-31-17)22(33)26-12-20-28-16-7-8-24-11-18(16)29-20/h2-11,13H,12H2,1H3,(H,26,33)(H,28,29)(H,31,32)(H2,25,27,30,34)/t13-/m1/s1. The van der Waals surface area contributed by atoms with Crippen molar-refractivity contribution in [1.82, 2.24) is 40.8 Å². The zero-order valence-electron chi connectivity index (χ0n) is 18.2. The topological polar surface area (TPSA) is 153 Å². The highest BCUT2D eigenvalue weighted by molar-refractivity contribution is 6.05. The average molecular weight is 455 g/mol. The van der Waals surface area contributed by atoms with Gasteiger partial charge in [0.25, 0.3) is 5.91 Å². The minimum absolute atomic E-state index is 0.171. The molecule has 0 aliphatic heterocycles. The molecule has 5 rings (SSSR count). The molecule has 170 valence electrons.